The minimum Gasteiger partial charge on any atom is -0.490 e. The normalized spacial score (nSPS) is 14.6. The van der Waals surface area contributed by atoms with Crippen molar-refractivity contribution in [1.82, 2.24) is 15.1 Å². The molecule has 0 aliphatic carbocycles. The van der Waals surface area contributed by atoms with Gasteiger partial charge < -0.3 is 29.6 Å². The first-order valence-corrected chi connectivity index (χ1v) is 11.2. The lowest BCUT2D eigenvalue weighted by atomic mass is 10.2. The predicted molar refractivity (Wildman–Crippen MR) is 125 cm³/mol. The molecule has 2 N–H and O–H groups in total. The fourth-order valence-electron chi connectivity index (χ4n) is 3.18. The zero-order valence-electron chi connectivity index (χ0n) is 19.1. The van der Waals surface area contributed by atoms with E-state index in [4.69, 9.17) is 23.9 Å². The van der Waals surface area contributed by atoms with Crippen molar-refractivity contribution in [2.75, 3.05) is 58.6 Å². The van der Waals surface area contributed by atoms with Crippen molar-refractivity contribution in [3.05, 3.63) is 36.7 Å². The van der Waals surface area contributed by atoms with Crippen molar-refractivity contribution in [1.29, 1.82) is 0 Å². The van der Waals surface area contributed by atoms with Crippen LogP contribution in [0, 0.1) is 5.92 Å². The minimum atomic E-state index is 0.342. The number of aromatic nitrogens is 2. The summed E-state index contributed by atoms with van der Waals surface area (Å²) in [7, 11) is 1.67. The fourth-order valence-corrected chi connectivity index (χ4v) is 3.18. The molecular formula is C23H35N5O4. The van der Waals surface area contributed by atoms with Gasteiger partial charge in [-0.1, -0.05) is 6.92 Å². The Morgan fingerprint density at radius 3 is 2.91 bits per heavy atom. The maximum Gasteiger partial charge on any atom is 0.195 e. The van der Waals surface area contributed by atoms with Gasteiger partial charge in [0.15, 0.2) is 17.5 Å². The van der Waals surface area contributed by atoms with Crippen LogP contribution in [-0.2, 0) is 16.0 Å². The first-order chi connectivity index (χ1) is 15.7. The summed E-state index contributed by atoms with van der Waals surface area (Å²) in [5.41, 5.74) is 0.900. The van der Waals surface area contributed by atoms with E-state index in [1.54, 1.807) is 13.3 Å². The number of rotatable bonds is 12. The molecule has 1 aliphatic heterocycles. The molecule has 0 saturated heterocycles. The smallest absolute Gasteiger partial charge is 0.195 e. The maximum atomic E-state index is 5.81. The monoisotopic (exact) mass is 445 g/mol. The van der Waals surface area contributed by atoms with E-state index < -0.39 is 0 Å². The minimum absolute atomic E-state index is 0.342. The van der Waals surface area contributed by atoms with E-state index in [9.17, 15) is 0 Å². The van der Waals surface area contributed by atoms with E-state index in [1.807, 2.05) is 35.1 Å². The Balaban J connectivity index is 1.57. The average molecular weight is 446 g/mol. The van der Waals surface area contributed by atoms with Gasteiger partial charge in [0, 0.05) is 63.9 Å². The number of guanidine groups is 1. The third-order valence-electron chi connectivity index (χ3n) is 4.82. The molecule has 0 bridgehead atoms. The lowest BCUT2D eigenvalue weighted by Crippen LogP contribution is -2.33. The summed E-state index contributed by atoms with van der Waals surface area (Å²) in [6, 6.07) is 7.80. The zero-order valence-corrected chi connectivity index (χ0v) is 19.1. The second-order valence-corrected chi connectivity index (χ2v) is 7.75. The molecule has 2 heterocycles. The second-order valence-electron chi connectivity index (χ2n) is 7.75. The van der Waals surface area contributed by atoms with Gasteiger partial charge in [-0.2, -0.15) is 5.10 Å². The van der Waals surface area contributed by atoms with Gasteiger partial charge in [0.05, 0.1) is 26.4 Å². The summed E-state index contributed by atoms with van der Waals surface area (Å²) >= 11 is 0. The third-order valence-corrected chi connectivity index (χ3v) is 4.82. The summed E-state index contributed by atoms with van der Waals surface area (Å²) in [5.74, 6) is 2.60. The number of aliphatic imine (C=N–C) groups is 1. The molecule has 1 aromatic carbocycles. The van der Waals surface area contributed by atoms with Crippen LogP contribution in [0.2, 0.25) is 0 Å². The highest BCUT2D eigenvalue weighted by Gasteiger charge is 2.12. The van der Waals surface area contributed by atoms with Gasteiger partial charge >= 0.3 is 0 Å². The number of nitrogens with zero attached hydrogens (tertiary/aromatic N) is 3. The maximum absolute atomic E-state index is 5.81. The molecule has 32 heavy (non-hydrogen) atoms. The fraction of sp³-hybridized carbons (Fsp3) is 0.565. The first-order valence-electron chi connectivity index (χ1n) is 11.2. The molecule has 0 amide bonds. The summed E-state index contributed by atoms with van der Waals surface area (Å²) in [4.78, 5) is 4.80. The molecule has 3 rings (SSSR count). The SMILES string of the molecule is COCCOCCCNC(=NCC(C)Cn1cccn1)Nc1ccc2c(c1)OCCCO2. The third kappa shape index (κ3) is 8.39. The standard InChI is InChI=1S/C23H35N5O4/c1-19(18-28-10-3-9-26-28)17-25-23(24-8-4-11-30-15-14-29-2)27-20-6-7-21-22(16-20)32-13-5-12-31-21/h3,6-7,9-10,16,19H,4-5,8,11-15,17-18H2,1-2H3,(H2,24,25,27). The van der Waals surface area contributed by atoms with E-state index in [0.29, 0.717) is 45.5 Å². The molecule has 9 nitrogen and oxygen atoms in total. The van der Waals surface area contributed by atoms with Crippen LogP contribution < -0.4 is 20.1 Å². The number of hydrogen-bond donors (Lipinski definition) is 2. The van der Waals surface area contributed by atoms with Crippen molar-refractivity contribution in [3.63, 3.8) is 0 Å². The number of anilines is 1. The number of fused-ring (bicyclic) bond motifs is 1. The van der Waals surface area contributed by atoms with Gasteiger partial charge in [-0.25, -0.2) is 0 Å². The molecule has 9 heteroatoms. The van der Waals surface area contributed by atoms with E-state index >= 15 is 0 Å². The Hall–Kier alpha value is -2.78. The highest BCUT2D eigenvalue weighted by Crippen LogP contribution is 2.32. The molecular weight excluding hydrogens is 410 g/mol. The molecule has 1 aromatic heterocycles. The van der Waals surface area contributed by atoms with E-state index in [-0.39, 0.29) is 0 Å². The van der Waals surface area contributed by atoms with Gasteiger partial charge in [0.2, 0.25) is 0 Å². The Kier molecular flexibility index (Phi) is 10.1. The van der Waals surface area contributed by atoms with E-state index in [1.165, 1.54) is 0 Å². The predicted octanol–water partition coefficient (Wildman–Crippen LogP) is 2.79. The molecule has 176 valence electrons. The molecule has 0 fully saturated rings. The van der Waals surface area contributed by atoms with Crippen LogP contribution in [0.15, 0.2) is 41.7 Å². The molecule has 1 unspecified atom stereocenters. The number of methoxy groups -OCH3 is 1. The Labute approximate surface area is 190 Å². The summed E-state index contributed by atoms with van der Waals surface area (Å²) in [5, 5.41) is 11.1. The van der Waals surface area contributed by atoms with Crippen molar-refractivity contribution >= 4 is 11.6 Å². The van der Waals surface area contributed by atoms with Crippen LogP contribution >= 0.6 is 0 Å². The van der Waals surface area contributed by atoms with Crippen molar-refractivity contribution < 1.29 is 18.9 Å². The van der Waals surface area contributed by atoms with E-state index in [2.05, 4.69) is 22.7 Å². The summed E-state index contributed by atoms with van der Waals surface area (Å²) in [6.07, 6.45) is 5.52. The van der Waals surface area contributed by atoms with E-state index in [0.717, 1.165) is 49.1 Å². The van der Waals surface area contributed by atoms with Crippen molar-refractivity contribution in [2.45, 2.75) is 26.3 Å². The van der Waals surface area contributed by atoms with Crippen LogP contribution in [0.1, 0.15) is 19.8 Å². The van der Waals surface area contributed by atoms with Gasteiger partial charge in [-0.3, -0.25) is 9.67 Å². The average Bonchev–Trinajstić information content (AvgIpc) is 3.19. The van der Waals surface area contributed by atoms with Crippen LogP contribution in [0.4, 0.5) is 5.69 Å². The molecule has 0 spiro atoms. The van der Waals surface area contributed by atoms with Crippen LogP contribution in [0.3, 0.4) is 0 Å². The lowest BCUT2D eigenvalue weighted by Gasteiger charge is -2.16. The lowest BCUT2D eigenvalue weighted by molar-refractivity contribution is 0.0699. The van der Waals surface area contributed by atoms with Gasteiger partial charge in [0.1, 0.15) is 0 Å². The summed E-state index contributed by atoms with van der Waals surface area (Å²) in [6.45, 7) is 7.63. The number of ether oxygens (including phenoxy) is 4. The van der Waals surface area contributed by atoms with Gasteiger partial charge in [0.25, 0.3) is 0 Å². The van der Waals surface area contributed by atoms with Crippen molar-refractivity contribution in [2.24, 2.45) is 10.9 Å². The molecule has 1 aliphatic rings. The Morgan fingerprint density at radius 2 is 2.09 bits per heavy atom. The highest BCUT2D eigenvalue weighted by atomic mass is 16.5. The Morgan fingerprint density at radius 1 is 1.22 bits per heavy atom. The first kappa shape index (κ1) is 23.9. The Bertz CT molecular complexity index is 813. The zero-order chi connectivity index (χ0) is 22.4. The van der Waals surface area contributed by atoms with Crippen molar-refractivity contribution in [3.8, 4) is 11.5 Å². The highest BCUT2D eigenvalue weighted by molar-refractivity contribution is 5.93. The largest absolute Gasteiger partial charge is 0.490 e. The van der Waals surface area contributed by atoms with Crippen LogP contribution in [0.25, 0.3) is 0 Å². The second kappa shape index (κ2) is 13.6. The topological polar surface area (TPSA) is 91.2 Å². The van der Waals surface area contributed by atoms with Gasteiger partial charge in [-0.05, 0) is 30.5 Å². The molecule has 2 aromatic rings. The molecule has 0 radical (unpaired) electrons. The number of hydrogen-bond acceptors (Lipinski definition) is 6. The molecule has 0 saturated carbocycles. The molecule has 1 atom stereocenters. The number of benzene rings is 1. The van der Waals surface area contributed by atoms with Crippen LogP contribution in [0.5, 0.6) is 11.5 Å². The quantitative estimate of drug-likeness (QED) is 0.295. The number of nitrogens with one attached hydrogen (secondary N) is 2. The van der Waals surface area contributed by atoms with Crippen LogP contribution in [-0.4, -0.2) is 69.0 Å². The summed E-state index contributed by atoms with van der Waals surface area (Å²) < 4.78 is 24.0. The van der Waals surface area contributed by atoms with Gasteiger partial charge in [-0.15, -0.1) is 0 Å².